The molecule has 1 aromatic heterocycles. The van der Waals surface area contributed by atoms with Gasteiger partial charge in [-0.25, -0.2) is 0 Å². The Labute approximate surface area is 207 Å². The Hall–Kier alpha value is -4.11. The molecule has 178 valence electrons. The van der Waals surface area contributed by atoms with E-state index in [1.807, 2.05) is 53.1 Å². The van der Waals surface area contributed by atoms with Gasteiger partial charge in [-0.15, -0.1) is 10.2 Å². The number of carbonyl (C=O) groups excluding carboxylic acids is 2. The van der Waals surface area contributed by atoms with E-state index in [4.69, 9.17) is 4.74 Å². The Bertz CT molecular complexity index is 1260. The highest BCUT2D eigenvalue weighted by Gasteiger charge is 2.16. The number of aryl methyl sites for hydroxylation is 1. The minimum Gasteiger partial charge on any atom is -0.497 e. The van der Waals surface area contributed by atoms with E-state index < -0.39 is 0 Å². The predicted octanol–water partition coefficient (Wildman–Crippen LogP) is 3.75. The maximum atomic E-state index is 12.4. The van der Waals surface area contributed by atoms with Gasteiger partial charge in [-0.1, -0.05) is 60.3 Å². The zero-order chi connectivity index (χ0) is 24.5. The highest BCUT2D eigenvalue weighted by atomic mass is 32.2. The summed E-state index contributed by atoms with van der Waals surface area (Å²) in [6, 6.07) is 26.5. The normalized spacial score (nSPS) is 10.5. The number of methoxy groups -OCH3 is 1. The van der Waals surface area contributed by atoms with Crippen LogP contribution < -0.4 is 15.6 Å². The lowest BCUT2D eigenvalue weighted by Gasteiger charge is -2.11. The predicted molar refractivity (Wildman–Crippen MR) is 135 cm³/mol. The molecule has 0 radical (unpaired) electrons. The van der Waals surface area contributed by atoms with E-state index in [9.17, 15) is 9.59 Å². The summed E-state index contributed by atoms with van der Waals surface area (Å²) in [6.07, 6.45) is 0.787. The van der Waals surface area contributed by atoms with Crippen molar-refractivity contribution >= 4 is 23.6 Å². The van der Waals surface area contributed by atoms with Crippen LogP contribution in [0, 0.1) is 0 Å². The van der Waals surface area contributed by atoms with Crippen LogP contribution >= 0.6 is 11.8 Å². The summed E-state index contributed by atoms with van der Waals surface area (Å²) < 4.78 is 7.27. The van der Waals surface area contributed by atoms with Crippen molar-refractivity contribution in [2.24, 2.45) is 0 Å². The van der Waals surface area contributed by atoms with E-state index in [1.54, 1.807) is 31.4 Å². The summed E-state index contributed by atoms with van der Waals surface area (Å²) in [5.41, 5.74) is 7.44. The van der Waals surface area contributed by atoms with Crippen LogP contribution in [0.4, 0.5) is 0 Å². The van der Waals surface area contributed by atoms with Crippen molar-refractivity contribution in [3.8, 4) is 17.1 Å². The topological polar surface area (TPSA) is 98.1 Å². The van der Waals surface area contributed by atoms with Crippen LogP contribution in [0.1, 0.15) is 15.9 Å². The molecular weight excluding hydrogens is 462 g/mol. The Morgan fingerprint density at radius 1 is 0.886 bits per heavy atom. The maximum Gasteiger partial charge on any atom is 0.269 e. The standard InChI is InChI=1S/C26H25N5O3S/c1-34-22-14-12-20(13-15-22)24-28-30-26(31(24)17-16-19-8-4-2-5-9-19)35-18-23(32)27-29-25(33)21-10-6-3-7-11-21/h2-15H,16-18H2,1H3,(H,27,32)(H,29,33). The van der Waals surface area contributed by atoms with E-state index in [0.29, 0.717) is 23.1 Å². The highest BCUT2D eigenvalue weighted by molar-refractivity contribution is 7.99. The number of aromatic nitrogens is 3. The van der Waals surface area contributed by atoms with Gasteiger partial charge in [0.05, 0.1) is 12.9 Å². The van der Waals surface area contributed by atoms with Gasteiger partial charge in [0.25, 0.3) is 5.91 Å². The van der Waals surface area contributed by atoms with Crippen molar-refractivity contribution in [3.63, 3.8) is 0 Å². The second-order valence-corrected chi connectivity index (χ2v) is 8.52. The van der Waals surface area contributed by atoms with Gasteiger partial charge < -0.3 is 9.30 Å². The minimum absolute atomic E-state index is 0.0706. The second kappa shape index (κ2) is 11.8. The summed E-state index contributed by atoms with van der Waals surface area (Å²) >= 11 is 1.26. The smallest absolute Gasteiger partial charge is 0.269 e. The number of benzene rings is 3. The molecule has 0 bridgehead atoms. The first-order valence-electron chi connectivity index (χ1n) is 11.0. The van der Waals surface area contributed by atoms with E-state index in [2.05, 4.69) is 33.2 Å². The summed E-state index contributed by atoms with van der Waals surface area (Å²) in [4.78, 5) is 24.5. The number of nitrogens with one attached hydrogen (secondary N) is 2. The first kappa shape index (κ1) is 24.0. The zero-order valence-corrected chi connectivity index (χ0v) is 20.0. The number of hydrazine groups is 1. The van der Waals surface area contributed by atoms with Crippen LogP contribution in [0.15, 0.2) is 90.1 Å². The third-order valence-electron chi connectivity index (χ3n) is 5.22. The molecule has 2 N–H and O–H groups in total. The van der Waals surface area contributed by atoms with Crippen LogP contribution in [-0.4, -0.2) is 39.4 Å². The van der Waals surface area contributed by atoms with Gasteiger partial charge in [-0.05, 0) is 48.4 Å². The molecule has 0 fully saturated rings. The summed E-state index contributed by atoms with van der Waals surface area (Å²) in [5.74, 6) is 0.817. The molecule has 0 unspecified atom stereocenters. The number of amides is 2. The SMILES string of the molecule is COc1ccc(-c2nnc(SCC(=O)NNC(=O)c3ccccc3)n2CCc2ccccc2)cc1. The van der Waals surface area contributed by atoms with Gasteiger partial charge in [-0.3, -0.25) is 20.4 Å². The van der Waals surface area contributed by atoms with Crippen molar-refractivity contribution in [3.05, 3.63) is 96.1 Å². The third kappa shape index (κ3) is 6.48. The van der Waals surface area contributed by atoms with E-state index in [-0.39, 0.29) is 17.6 Å². The summed E-state index contributed by atoms with van der Waals surface area (Å²) in [6.45, 7) is 0.646. The molecule has 0 aliphatic carbocycles. The van der Waals surface area contributed by atoms with Crippen LogP contribution in [0.2, 0.25) is 0 Å². The molecule has 1 heterocycles. The quantitative estimate of drug-likeness (QED) is 0.276. The van der Waals surface area contributed by atoms with Gasteiger partial charge in [0.15, 0.2) is 11.0 Å². The van der Waals surface area contributed by atoms with Crippen LogP contribution in [-0.2, 0) is 17.8 Å². The van der Waals surface area contributed by atoms with E-state index >= 15 is 0 Å². The van der Waals surface area contributed by atoms with Gasteiger partial charge in [0, 0.05) is 17.7 Å². The Morgan fingerprint density at radius 2 is 1.57 bits per heavy atom. The van der Waals surface area contributed by atoms with E-state index in [0.717, 1.165) is 17.7 Å². The Morgan fingerprint density at radius 3 is 2.26 bits per heavy atom. The van der Waals surface area contributed by atoms with Crippen molar-refractivity contribution in [1.82, 2.24) is 25.6 Å². The molecule has 2 amide bonds. The molecule has 0 aliphatic rings. The molecule has 0 aliphatic heterocycles. The summed E-state index contributed by atoms with van der Waals surface area (Å²) in [5, 5.41) is 9.36. The molecule has 3 aromatic carbocycles. The molecule has 0 atom stereocenters. The summed E-state index contributed by atoms with van der Waals surface area (Å²) in [7, 11) is 1.62. The van der Waals surface area contributed by atoms with Crippen molar-refractivity contribution in [2.45, 2.75) is 18.1 Å². The zero-order valence-electron chi connectivity index (χ0n) is 19.2. The van der Waals surface area contributed by atoms with Gasteiger partial charge in [0.2, 0.25) is 5.91 Å². The van der Waals surface area contributed by atoms with Gasteiger partial charge >= 0.3 is 0 Å². The Balaban J connectivity index is 1.44. The number of hydrogen-bond acceptors (Lipinski definition) is 6. The fourth-order valence-electron chi connectivity index (χ4n) is 3.39. The lowest BCUT2D eigenvalue weighted by Crippen LogP contribution is -2.42. The number of rotatable bonds is 9. The average molecular weight is 488 g/mol. The molecule has 4 rings (SSSR count). The number of nitrogens with zero attached hydrogens (tertiary/aromatic N) is 3. The third-order valence-corrected chi connectivity index (χ3v) is 6.18. The van der Waals surface area contributed by atoms with Crippen molar-refractivity contribution in [2.75, 3.05) is 12.9 Å². The minimum atomic E-state index is -0.378. The monoisotopic (exact) mass is 487 g/mol. The second-order valence-electron chi connectivity index (χ2n) is 7.58. The largest absolute Gasteiger partial charge is 0.497 e. The molecule has 0 saturated heterocycles. The lowest BCUT2D eigenvalue weighted by molar-refractivity contribution is -0.119. The number of ether oxygens (including phenoxy) is 1. The fourth-order valence-corrected chi connectivity index (χ4v) is 4.16. The number of thioether (sulfide) groups is 1. The molecular formula is C26H25N5O3S. The van der Waals surface area contributed by atoms with Gasteiger partial charge in [0.1, 0.15) is 5.75 Å². The van der Waals surface area contributed by atoms with Crippen LogP contribution in [0.5, 0.6) is 5.75 Å². The fraction of sp³-hybridized carbons (Fsp3) is 0.154. The molecule has 35 heavy (non-hydrogen) atoms. The highest BCUT2D eigenvalue weighted by Crippen LogP contribution is 2.26. The Kier molecular flexibility index (Phi) is 8.13. The molecule has 8 nitrogen and oxygen atoms in total. The lowest BCUT2D eigenvalue weighted by atomic mass is 10.1. The van der Waals surface area contributed by atoms with Gasteiger partial charge in [-0.2, -0.15) is 0 Å². The first-order chi connectivity index (χ1) is 17.1. The maximum absolute atomic E-state index is 12.4. The molecule has 4 aromatic rings. The van der Waals surface area contributed by atoms with E-state index in [1.165, 1.54) is 17.3 Å². The average Bonchev–Trinajstić information content (AvgIpc) is 3.33. The van der Waals surface area contributed by atoms with Crippen molar-refractivity contribution in [1.29, 1.82) is 0 Å². The number of hydrogen-bond donors (Lipinski definition) is 2. The van der Waals surface area contributed by atoms with Crippen LogP contribution in [0.25, 0.3) is 11.4 Å². The van der Waals surface area contributed by atoms with Crippen LogP contribution in [0.3, 0.4) is 0 Å². The molecule has 0 saturated carbocycles. The molecule has 0 spiro atoms. The number of carbonyl (C=O) groups is 2. The molecule has 9 heteroatoms. The first-order valence-corrected chi connectivity index (χ1v) is 12.0. The van der Waals surface area contributed by atoms with Crippen molar-refractivity contribution < 1.29 is 14.3 Å².